The smallest absolute Gasteiger partial charge is 0.266 e. The molecule has 2 N–H and O–H groups in total. The van der Waals surface area contributed by atoms with Gasteiger partial charge in [0.1, 0.15) is 4.88 Å². The molecule has 1 aromatic heterocycles. The van der Waals surface area contributed by atoms with Gasteiger partial charge in [-0.15, -0.1) is 11.3 Å². The van der Waals surface area contributed by atoms with Crippen LogP contribution in [0.25, 0.3) is 10.1 Å². The van der Waals surface area contributed by atoms with Gasteiger partial charge in [-0.05, 0) is 42.5 Å². The summed E-state index contributed by atoms with van der Waals surface area (Å²) in [5.74, 6) is -0.494. The van der Waals surface area contributed by atoms with Crippen LogP contribution in [0.4, 0.5) is 5.69 Å². The zero-order chi connectivity index (χ0) is 21.0. The van der Waals surface area contributed by atoms with Gasteiger partial charge in [0.05, 0.1) is 5.56 Å². The maximum atomic E-state index is 13.3. The number of carbonyl (C=O) groups is 2. The summed E-state index contributed by atoms with van der Waals surface area (Å²) in [7, 11) is 0. The van der Waals surface area contributed by atoms with Gasteiger partial charge >= 0.3 is 0 Å². The van der Waals surface area contributed by atoms with E-state index in [1.807, 2.05) is 57.2 Å². The molecule has 0 atom stereocenters. The number of anilines is 1. The van der Waals surface area contributed by atoms with Gasteiger partial charge < -0.3 is 10.6 Å². The fourth-order valence-corrected chi connectivity index (χ4v) is 4.78. The molecule has 1 heterocycles. The highest BCUT2D eigenvalue weighted by Gasteiger charge is 2.24. The Balaban J connectivity index is 2.07. The molecule has 0 saturated heterocycles. The fourth-order valence-electron chi connectivity index (χ4n) is 3.39. The van der Waals surface area contributed by atoms with Gasteiger partial charge in [-0.2, -0.15) is 0 Å². The van der Waals surface area contributed by atoms with E-state index in [9.17, 15) is 9.59 Å². The number of hydrogen-bond acceptors (Lipinski definition) is 3. The second kappa shape index (κ2) is 9.42. The Bertz CT molecular complexity index is 1060. The minimum Gasteiger partial charge on any atom is -0.352 e. The van der Waals surface area contributed by atoms with Crippen molar-refractivity contribution in [3.63, 3.8) is 0 Å². The summed E-state index contributed by atoms with van der Waals surface area (Å²) in [4.78, 5) is 26.6. The third-order valence-electron chi connectivity index (χ3n) is 4.88. The van der Waals surface area contributed by atoms with Crippen LogP contribution >= 0.6 is 22.9 Å². The molecule has 152 valence electrons. The summed E-state index contributed by atoms with van der Waals surface area (Å²) in [6.45, 7) is 6.62. The highest BCUT2D eigenvalue weighted by Crippen LogP contribution is 2.34. The first-order chi connectivity index (χ1) is 14.0. The van der Waals surface area contributed by atoms with Crippen molar-refractivity contribution in [3.05, 3.63) is 63.0 Å². The molecular formula is C23H25ClN2O2S. The second-order valence-electron chi connectivity index (χ2n) is 6.78. The highest BCUT2D eigenvalue weighted by atomic mass is 35.5. The Morgan fingerprint density at radius 2 is 1.76 bits per heavy atom. The molecule has 0 spiro atoms. The zero-order valence-electron chi connectivity index (χ0n) is 16.9. The minimum atomic E-state index is -0.278. The van der Waals surface area contributed by atoms with Gasteiger partial charge in [0.25, 0.3) is 11.8 Å². The molecule has 3 rings (SSSR count). The highest BCUT2D eigenvalue weighted by molar-refractivity contribution is 7.21. The first-order valence-corrected chi connectivity index (χ1v) is 11.1. The summed E-state index contributed by atoms with van der Waals surface area (Å²) < 4.78 is 0.914. The predicted octanol–water partition coefficient (Wildman–Crippen LogP) is 6.07. The average Bonchev–Trinajstić information content (AvgIpc) is 3.12. The lowest BCUT2D eigenvalue weighted by atomic mass is 10.0. The number of benzene rings is 2. The first-order valence-electron chi connectivity index (χ1n) is 9.93. The van der Waals surface area contributed by atoms with Gasteiger partial charge in [-0.1, -0.05) is 56.6 Å². The number of halogens is 1. The average molecular weight is 429 g/mol. The van der Waals surface area contributed by atoms with Crippen LogP contribution < -0.4 is 10.6 Å². The van der Waals surface area contributed by atoms with Crippen molar-refractivity contribution < 1.29 is 9.59 Å². The van der Waals surface area contributed by atoms with Crippen molar-refractivity contribution in [2.24, 2.45) is 0 Å². The van der Waals surface area contributed by atoms with E-state index in [0.717, 1.165) is 39.7 Å². The summed E-state index contributed by atoms with van der Waals surface area (Å²) in [5, 5.41) is 7.40. The molecule has 3 aromatic rings. The van der Waals surface area contributed by atoms with Crippen molar-refractivity contribution >= 4 is 50.5 Å². The summed E-state index contributed by atoms with van der Waals surface area (Å²) in [6, 6.07) is 11.4. The summed E-state index contributed by atoms with van der Waals surface area (Å²) in [6.07, 6.45) is 2.31. The van der Waals surface area contributed by atoms with E-state index in [4.69, 9.17) is 11.6 Å². The van der Waals surface area contributed by atoms with Crippen LogP contribution in [0, 0.1) is 0 Å². The molecule has 29 heavy (non-hydrogen) atoms. The van der Waals surface area contributed by atoms with Gasteiger partial charge in [-0.25, -0.2) is 0 Å². The largest absolute Gasteiger partial charge is 0.352 e. The van der Waals surface area contributed by atoms with Crippen LogP contribution in [0.1, 0.15) is 58.3 Å². The van der Waals surface area contributed by atoms with Crippen LogP contribution in [-0.4, -0.2) is 18.4 Å². The maximum absolute atomic E-state index is 13.3. The third kappa shape index (κ3) is 4.31. The molecule has 4 nitrogen and oxygen atoms in total. The molecule has 0 aliphatic carbocycles. The Morgan fingerprint density at radius 1 is 1.00 bits per heavy atom. The molecule has 0 fully saturated rings. The van der Waals surface area contributed by atoms with E-state index in [0.29, 0.717) is 28.4 Å². The lowest BCUT2D eigenvalue weighted by Gasteiger charge is -2.16. The topological polar surface area (TPSA) is 58.2 Å². The summed E-state index contributed by atoms with van der Waals surface area (Å²) >= 11 is 7.72. The van der Waals surface area contributed by atoms with Crippen molar-refractivity contribution in [2.75, 3.05) is 11.9 Å². The second-order valence-corrected chi connectivity index (χ2v) is 8.24. The molecule has 0 aliphatic heterocycles. The Hall–Kier alpha value is -2.37. The van der Waals surface area contributed by atoms with E-state index in [2.05, 4.69) is 10.6 Å². The number of amides is 2. The van der Waals surface area contributed by atoms with Gasteiger partial charge in [0.15, 0.2) is 0 Å². The predicted molar refractivity (Wildman–Crippen MR) is 123 cm³/mol. The van der Waals surface area contributed by atoms with Crippen LogP contribution in [0.3, 0.4) is 0 Å². The lowest BCUT2D eigenvalue weighted by Crippen LogP contribution is -2.26. The third-order valence-corrected chi connectivity index (χ3v) is 6.40. The van der Waals surface area contributed by atoms with Crippen LogP contribution in [0.15, 0.2) is 36.4 Å². The van der Waals surface area contributed by atoms with Gasteiger partial charge in [0, 0.05) is 27.3 Å². The zero-order valence-corrected chi connectivity index (χ0v) is 18.5. The van der Waals surface area contributed by atoms with E-state index >= 15 is 0 Å². The molecule has 2 aromatic carbocycles. The number of hydrogen-bond donors (Lipinski definition) is 2. The van der Waals surface area contributed by atoms with Gasteiger partial charge in [-0.3, -0.25) is 9.59 Å². The molecule has 0 bridgehead atoms. The Kier molecular flexibility index (Phi) is 6.93. The van der Waals surface area contributed by atoms with Gasteiger partial charge in [0.2, 0.25) is 0 Å². The minimum absolute atomic E-state index is 0.216. The normalized spacial score (nSPS) is 10.9. The number of aryl methyl sites for hydroxylation is 1. The standard InChI is InChI=1S/C23H25ClN2O2S/c1-4-13-25-22(27)19-16-9-7-8-10-18(16)29-21(19)23(28)26-20-14(5-2)11-12-17(24)15(20)6-3/h7-12H,4-6,13H2,1-3H3,(H,25,27)(H,26,28). The van der Waals surface area contributed by atoms with Crippen LogP contribution in [0.2, 0.25) is 5.02 Å². The number of thiophene rings is 1. The fraction of sp³-hybridized carbons (Fsp3) is 0.304. The number of nitrogens with one attached hydrogen (secondary N) is 2. The molecule has 2 amide bonds. The maximum Gasteiger partial charge on any atom is 0.266 e. The summed E-state index contributed by atoms with van der Waals surface area (Å²) in [5.41, 5.74) is 3.13. The van der Waals surface area contributed by atoms with Crippen LogP contribution in [-0.2, 0) is 12.8 Å². The Labute approximate surface area is 180 Å². The van der Waals surface area contributed by atoms with E-state index in [-0.39, 0.29) is 11.8 Å². The molecular weight excluding hydrogens is 404 g/mol. The van der Waals surface area contributed by atoms with Crippen molar-refractivity contribution in [1.82, 2.24) is 5.32 Å². The van der Waals surface area contributed by atoms with Crippen molar-refractivity contribution in [2.45, 2.75) is 40.0 Å². The quantitative estimate of drug-likeness (QED) is 0.479. The number of rotatable bonds is 7. The Morgan fingerprint density at radius 3 is 2.45 bits per heavy atom. The number of carbonyl (C=O) groups excluding carboxylic acids is 2. The van der Waals surface area contributed by atoms with E-state index in [1.54, 1.807) is 0 Å². The lowest BCUT2D eigenvalue weighted by molar-refractivity contribution is 0.0943. The van der Waals surface area contributed by atoms with Crippen LogP contribution in [0.5, 0.6) is 0 Å². The first kappa shape index (κ1) is 21.3. The SMILES string of the molecule is CCCNC(=O)c1c(C(=O)Nc2c(CC)ccc(Cl)c2CC)sc2ccccc12. The monoisotopic (exact) mass is 428 g/mol. The molecule has 0 saturated carbocycles. The molecule has 0 radical (unpaired) electrons. The van der Waals surface area contributed by atoms with Crippen molar-refractivity contribution in [3.8, 4) is 0 Å². The van der Waals surface area contributed by atoms with E-state index < -0.39 is 0 Å². The molecule has 0 unspecified atom stereocenters. The molecule has 0 aliphatic rings. The number of fused-ring (bicyclic) bond motifs is 1. The van der Waals surface area contributed by atoms with Crippen molar-refractivity contribution in [1.29, 1.82) is 0 Å². The molecule has 6 heteroatoms. The van der Waals surface area contributed by atoms with E-state index in [1.165, 1.54) is 11.3 Å².